The highest BCUT2D eigenvalue weighted by molar-refractivity contribution is 9.11. The maximum atomic E-state index is 5.75. The molecule has 1 unspecified atom stereocenters. The standard InChI is InChI=1S/C14H13BrN4S/c15-13-8-10(9-20-13)14(18-16)12-6-7-17-19(12)11-4-2-1-3-5-11/h1-9,14,18H,16H2. The number of hydrazine groups is 1. The van der Waals surface area contributed by atoms with Gasteiger partial charge in [0.25, 0.3) is 0 Å². The molecule has 0 aliphatic rings. The Morgan fingerprint density at radius 2 is 2.05 bits per heavy atom. The van der Waals surface area contributed by atoms with Crippen molar-refractivity contribution in [3.05, 3.63) is 69.1 Å². The molecule has 2 aromatic heterocycles. The normalized spacial score (nSPS) is 12.5. The first-order valence-corrected chi connectivity index (χ1v) is 7.76. The Morgan fingerprint density at radius 1 is 1.25 bits per heavy atom. The van der Waals surface area contributed by atoms with Gasteiger partial charge in [0.15, 0.2) is 0 Å². The van der Waals surface area contributed by atoms with Crippen LogP contribution in [0.2, 0.25) is 0 Å². The quantitative estimate of drug-likeness (QED) is 0.562. The zero-order valence-electron chi connectivity index (χ0n) is 10.5. The predicted octanol–water partition coefficient (Wildman–Crippen LogP) is 3.25. The molecule has 0 radical (unpaired) electrons. The van der Waals surface area contributed by atoms with E-state index >= 15 is 0 Å². The molecule has 0 aliphatic carbocycles. The van der Waals surface area contributed by atoms with Gasteiger partial charge in [-0.15, -0.1) is 11.3 Å². The SMILES string of the molecule is NNC(c1csc(Br)c1)c1ccnn1-c1ccccc1. The van der Waals surface area contributed by atoms with Gasteiger partial charge < -0.3 is 0 Å². The fraction of sp³-hybridized carbons (Fsp3) is 0.0714. The Morgan fingerprint density at radius 3 is 2.70 bits per heavy atom. The predicted molar refractivity (Wildman–Crippen MR) is 84.7 cm³/mol. The van der Waals surface area contributed by atoms with Crippen LogP contribution in [0.15, 0.2) is 57.8 Å². The Hall–Kier alpha value is -1.47. The van der Waals surface area contributed by atoms with Crippen LogP contribution in [0.5, 0.6) is 0 Å². The zero-order valence-corrected chi connectivity index (χ0v) is 12.9. The summed E-state index contributed by atoms with van der Waals surface area (Å²) >= 11 is 5.12. The van der Waals surface area contributed by atoms with E-state index in [1.165, 1.54) is 0 Å². The van der Waals surface area contributed by atoms with Gasteiger partial charge in [0.1, 0.15) is 0 Å². The number of benzene rings is 1. The van der Waals surface area contributed by atoms with E-state index in [2.05, 4.69) is 37.9 Å². The molecule has 3 aromatic rings. The minimum atomic E-state index is -0.0970. The molecule has 3 N–H and O–H groups in total. The lowest BCUT2D eigenvalue weighted by Crippen LogP contribution is -2.30. The summed E-state index contributed by atoms with van der Waals surface area (Å²) in [6.07, 6.45) is 1.79. The van der Waals surface area contributed by atoms with Crippen molar-refractivity contribution in [2.75, 3.05) is 0 Å². The molecular weight excluding hydrogens is 336 g/mol. The topological polar surface area (TPSA) is 55.9 Å². The molecule has 0 aliphatic heterocycles. The number of nitrogens with zero attached hydrogens (tertiary/aromatic N) is 2. The molecule has 0 saturated heterocycles. The lowest BCUT2D eigenvalue weighted by atomic mass is 10.1. The van der Waals surface area contributed by atoms with Crippen molar-refractivity contribution in [1.82, 2.24) is 15.2 Å². The molecule has 1 aromatic carbocycles. The largest absolute Gasteiger partial charge is 0.271 e. The molecule has 3 rings (SSSR count). The molecule has 20 heavy (non-hydrogen) atoms. The molecule has 102 valence electrons. The van der Waals surface area contributed by atoms with Crippen LogP contribution in [0.1, 0.15) is 17.3 Å². The van der Waals surface area contributed by atoms with Gasteiger partial charge in [-0.1, -0.05) is 18.2 Å². The number of rotatable bonds is 4. The van der Waals surface area contributed by atoms with Gasteiger partial charge in [-0.05, 0) is 51.1 Å². The van der Waals surface area contributed by atoms with Crippen molar-refractivity contribution >= 4 is 27.3 Å². The maximum Gasteiger partial charge on any atom is 0.0891 e. The summed E-state index contributed by atoms with van der Waals surface area (Å²) in [7, 11) is 0. The molecule has 0 amide bonds. The van der Waals surface area contributed by atoms with Gasteiger partial charge in [-0.3, -0.25) is 5.84 Å². The highest BCUT2D eigenvalue weighted by Crippen LogP contribution is 2.29. The minimum absolute atomic E-state index is 0.0970. The van der Waals surface area contributed by atoms with Crippen LogP contribution >= 0.6 is 27.3 Å². The molecule has 0 fully saturated rings. The van der Waals surface area contributed by atoms with Crippen molar-refractivity contribution in [2.24, 2.45) is 5.84 Å². The van der Waals surface area contributed by atoms with Crippen molar-refractivity contribution in [1.29, 1.82) is 0 Å². The number of thiophene rings is 1. The van der Waals surface area contributed by atoms with Crippen molar-refractivity contribution in [3.63, 3.8) is 0 Å². The van der Waals surface area contributed by atoms with Crippen LogP contribution in [0.3, 0.4) is 0 Å². The van der Waals surface area contributed by atoms with Gasteiger partial charge in [0, 0.05) is 6.20 Å². The first-order chi connectivity index (χ1) is 9.79. The summed E-state index contributed by atoms with van der Waals surface area (Å²) in [5, 5.41) is 6.48. The van der Waals surface area contributed by atoms with Gasteiger partial charge in [-0.2, -0.15) is 5.10 Å². The smallest absolute Gasteiger partial charge is 0.0891 e. The molecule has 0 spiro atoms. The van der Waals surface area contributed by atoms with E-state index in [4.69, 9.17) is 5.84 Å². The molecule has 4 nitrogen and oxygen atoms in total. The third-order valence-corrected chi connectivity index (χ3v) is 4.58. The van der Waals surface area contributed by atoms with E-state index in [-0.39, 0.29) is 6.04 Å². The number of para-hydroxylation sites is 1. The Bertz CT molecular complexity index is 692. The van der Waals surface area contributed by atoms with E-state index in [0.29, 0.717) is 0 Å². The first-order valence-electron chi connectivity index (χ1n) is 6.09. The number of hydrogen-bond donors (Lipinski definition) is 2. The summed E-state index contributed by atoms with van der Waals surface area (Å²) in [6.45, 7) is 0. The van der Waals surface area contributed by atoms with E-state index in [1.54, 1.807) is 17.5 Å². The van der Waals surface area contributed by atoms with Crippen molar-refractivity contribution < 1.29 is 0 Å². The van der Waals surface area contributed by atoms with E-state index in [1.807, 2.05) is 41.1 Å². The van der Waals surface area contributed by atoms with Crippen LogP contribution in [0.25, 0.3) is 5.69 Å². The fourth-order valence-corrected chi connectivity index (χ4v) is 3.35. The number of hydrogen-bond acceptors (Lipinski definition) is 4. The third-order valence-electron chi connectivity index (χ3n) is 3.06. The maximum absolute atomic E-state index is 5.75. The summed E-state index contributed by atoms with van der Waals surface area (Å²) in [5.41, 5.74) is 6.00. The van der Waals surface area contributed by atoms with Crippen molar-refractivity contribution in [2.45, 2.75) is 6.04 Å². The Labute approximate surface area is 129 Å². The molecule has 2 heterocycles. The third kappa shape index (κ3) is 2.55. The summed E-state index contributed by atoms with van der Waals surface area (Å²) in [6, 6.07) is 14.0. The minimum Gasteiger partial charge on any atom is -0.271 e. The number of nitrogens with two attached hydrogens (primary N) is 1. The number of nitrogens with one attached hydrogen (secondary N) is 1. The highest BCUT2D eigenvalue weighted by atomic mass is 79.9. The Balaban J connectivity index is 2.04. The molecule has 0 bridgehead atoms. The van der Waals surface area contributed by atoms with E-state index < -0.39 is 0 Å². The molecule has 0 saturated carbocycles. The van der Waals surface area contributed by atoms with Gasteiger partial charge >= 0.3 is 0 Å². The average molecular weight is 349 g/mol. The van der Waals surface area contributed by atoms with Crippen LogP contribution in [0, 0.1) is 0 Å². The van der Waals surface area contributed by atoms with Crippen LogP contribution < -0.4 is 11.3 Å². The Kier molecular flexibility index (Phi) is 3.98. The molecule has 1 atom stereocenters. The number of halogens is 1. The van der Waals surface area contributed by atoms with E-state index in [9.17, 15) is 0 Å². The number of aromatic nitrogens is 2. The second kappa shape index (κ2) is 5.88. The summed E-state index contributed by atoms with van der Waals surface area (Å²) in [5.74, 6) is 5.75. The lowest BCUT2D eigenvalue weighted by molar-refractivity contribution is 0.599. The van der Waals surface area contributed by atoms with E-state index in [0.717, 1.165) is 20.7 Å². The average Bonchev–Trinajstić information content (AvgIpc) is 3.11. The zero-order chi connectivity index (χ0) is 13.9. The van der Waals surface area contributed by atoms with Gasteiger partial charge in [0.05, 0.1) is 21.2 Å². The molecule has 6 heteroatoms. The second-order valence-corrected chi connectivity index (χ2v) is 6.58. The van der Waals surface area contributed by atoms with Gasteiger partial charge in [0.2, 0.25) is 0 Å². The summed E-state index contributed by atoms with van der Waals surface area (Å²) < 4.78 is 2.98. The second-order valence-electron chi connectivity index (χ2n) is 4.29. The highest BCUT2D eigenvalue weighted by Gasteiger charge is 2.18. The lowest BCUT2D eigenvalue weighted by Gasteiger charge is -2.16. The van der Waals surface area contributed by atoms with Crippen LogP contribution in [-0.4, -0.2) is 9.78 Å². The fourth-order valence-electron chi connectivity index (χ4n) is 2.14. The molecular formula is C14H13BrN4S. The van der Waals surface area contributed by atoms with Crippen molar-refractivity contribution in [3.8, 4) is 5.69 Å². The van der Waals surface area contributed by atoms with Crippen LogP contribution in [0.4, 0.5) is 0 Å². The first kappa shape index (κ1) is 13.5. The monoisotopic (exact) mass is 348 g/mol. The summed E-state index contributed by atoms with van der Waals surface area (Å²) in [4.78, 5) is 0. The van der Waals surface area contributed by atoms with Crippen LogP contribution in [-0.2, 0) is 0 Å². The van der Waals surface area contributed by atoms with Gasteiger partial charge in [-0.25, -0.2) is 10.1 Å².